The van der Waals surface area contributed by atoms with E-state index >= 15 is 0 Å². The zero-order chi connectivity index (χ0) is 11.6. The van der Waals surface area contributed by atoms with Crippen molar-refractivity contribution in [3.63, 3.8) is 0 Å². The summed E-state index contributed by atoms with van der Waals surface area (Å²) >= 11 is 4.23. The number of thiol groups is 1. The summed E-state index contributed by atoms with van der Waals surface area (Å²) in [7, 11) is 0. The molecule has 0 aliphatic carbocycles. The minimum Gasteiger partial charge on any atom is -0.299 e. The van der Waals surface area contributed by atoms with Gasteiger partial charge in [0.1, 0.15) is 0 Å². The number of hydrogen-bond donors (Lipinski definition) is 1. The molecule has 0 unspecified atom stereocenters. The third-order valence-corrected chi connectivity index (χ3v) is 3.14. The van der Waals surface area contributed by atoms with Gasteiger partial charge in [-0.05, 0) is 37.2 Å². The Morgan fingerprint density at radius 2 is 1.81 bits per heavy atom. The highest BCUT2D eigenvalue weighted by Gasteiger charge is 2.02. The molecule has 0 saturated heterocycles. The maximum atomic E-state index is 4.23. The molecule has 0 N–H and O–H groups in total. The predicted octanol–water partition coefficient (Wildman–Crippen LogP) is 3.61. The Hall–Kier alpha value is -0.470. The van der Waals surface area contributed by atoms with Crippen LogP contribution in [0.2, 0.25) is 0 Å². The summed E-state index contributed by atoms with van der Waals surface area (Å²) in [5.41, 5.74) is 1.42. The second-order valence-corrected chi connectivity index (χ2v) is 4.59. The predicted molar refractivity (Wildman–Crippen MR) is 75.1 cm³/mol. The lowest BCUT2D eigenvalue weighted by Gasteiger charge is -2.20. The van der Waals surface area contributed by atoms with Crippen LogP contribution in [0, 0.1) is 0 Å². The summed E-state index contributed by atoms with van der Waals surface area (Å²) < 4.78 is 0. The van der Waals surface area contributed by atoms with Gasteiger partial charge in [-0.15, -0.1) is 0 Å². The summed E-state index contributed by atoms with van der Waals surface area (Å²) in [6, 6.07) is 10.7. The standard InChI is InChI=1S/C14H23NS/c1-2-15(11-7-4-8-12-16)13-14-9-5-3-6-10-14/h3,5-6,9-10,16H,2,4,7-8,11-13H2,1H3. The Morgan fingerprint density at radius 1 is 1.06 bits per heavy atom. The number of rotatable bonds is 8. The lowest BCUT2D eigenvalue weighted by molar-refractivity contribution is 0.273. The fraction of sp³-hybridized carbons (Fsp3) is 0.571. The first-order valence-corrected chi connectivity index (χ1v) is 6.87. The van der Waals surface area contributed by atoms with E-state index in [2.05, 4.69) is 54.8 Å². The lowest BCUT2D eigenvalue weighted by Crippen LogP contribution is -2.23. The summed E-state index contributed by atoms with van der Waals surface area (Å²) in [5.74, 6) is 1.02. The molecular weight excluding hydrogens is 214 g/mol. The molecule has 90 valence electrons. The van der Waals surface area contributed by atoms with Gasteiger partial charge < -0.3 is 0 Å². The van der Waals surface area contributed by atoms with Crippen molar-refractivity contribution in [2.45, 2.75) is 32.7 Å². The Morgan fingerprint density at radius 3 is 2.44 bits per heavy atom. The molecule has 0 aromatic heterocycles. The molecular formula is C14H23NS. The number of nitrogens with zero attached hydrogens (tertiary/aromatic N) is 1. The fourth-order valence-electron chi connectivity index (χ4n) is 1.81. The van der Waals surface area contributed by atoms with Crippen molar-refractivity contribution >= 4 is 12.6 Å². The number of hydrogen-bond acceptors (Lipinski definition) is 2. The molecule has 0 aliphatic heterocycles. The summed E-state index contributed by atoms with van der Waals surface area (Å²) in [4.78, 5) is 2.51. The molecule has 0 heterocycles. The third kappa shape index (κ3) is 5.57. The van der Waals surface area contributed by atoms with Crippen molar-refractivity contribution in [3.05, 3.63) is 35.9 Å². The Balaban J connectivity index is 2.26. The van der Waals surface area contributed by atoms with Crippen molar-refractivity contribution in [2.75, 3.05) is 18.8 Å². The molecule has 0 amide bonds. The SMILES string of the molecule is CCN(CCCCCS)Cc1ccccc1. The van der Waals surface area contributed by atoms with Crippen molar-refractivity contribution in [3.8, 4) is 0 Å². The van der Waals surface area contributed by atoms with Crippen LogP contribution in [0.3, 0.4) is 0 Å². The summed E-state index contributed by atoms with van der Waals surface area (Å²) in [6.07, 6.45) is 3.84. The van der Waals surface area contributed by atoms with Crippen molar-refractivity contribution in [1.82, 2.24) is 4.90 Å². The van der Waals surface area contributed by atoms with Crippen LogP contribution >= 0.6 is 12.6 Å². The molecule has 16 heavy (non-hydrogen) atoms. The van der Waals surface area contributed by atoms with Crippen LogP contribution in [-0.2, 0) is 6.54 Å². The van der Waals surface area contributed by atoms with E-state index in [9.17, 15) is 0 Å². The minimum atomic E-state index is 1.02. The molecule has 1 aromatic rings. The smallest absolute Gasteiger partial charge is 0.0233 e. The molecule has 0 radical (unpaired) electrons. The van der Waals surface area contributed by atoms with Gasteiger partial charge in [-0.3, -0.25) is 4.90 Å². The van der Waals surface area contributed by atoms with Gasteiger partial charge in [-0.1, -0.05) is 43.7 Å². The van der Waals surface area contributed by atoms with E-state index in [0.29, 0.717) is 0 Å². The van der Waals surface area contributed by atoms with E-state index in [1.165, 1.54) is 31.4 Å². The minimum absolute atomic E-state index is 1.02. The highest BCUT2D eigenvalue weighted by molar-refractivity contribution is 7.80. The summed E-state index contributed by atoms with van der Waals surface area (Å²) in [6.45, 7) is 5.66. The van der Waals surface area contributed by atoms with E-state index in [4.69, 9.17) is 0 Å². The van der Waals surface area contributed by atoms with Crippen LogP contribution in [0.15, 0.2) is 30.3 Å². The first-order valence-electron chi connectivity index (χ1n) is 6.24. The zero-order valence-corrected chi connectivity index (χ0v) is 11.1. The third-order valence-electron chi connectivity index (χ3n) is 2.83. The van der Waals surface area contributed by atoms with Crippen molar-refractivity contribution in [1.29, 1.82) is 0 Å². The molecule has 1 aromatic carbocycles. The van der Waals surface area contributed by atoms with Gasteiger partial charge in [0.25, 0.3) is 0 Å². The molecule has 2 heteroatoms. The Kier molecular flexibility index (Phi) is 7.35. The molecule has 1 nitrogen and oxygen atoms in total. The van der Waals surface area contributed by atoms with E-state index in [0.717, 1.165) is 18.8 Å². The molecule has 0 fully saturated rings. The highest BCUT2D eigenvalue weighted by Crippen LogP contribution is 2.06. The second-order valence-electron chi connectivity index (χ2n) is 4.14. The van der Waals surface area contributed by atoms with Crippen LogP contribution in [-0.4, -0.2) is 23.7 Å². The van der Waals surface area contributed by atoms with Gasteiger partial charge in [0.2, 0.25) is 0 Å². The molecule has 0 aliphatic rings. The van der Waals surface area contributed by atoms with E-state index in [1.54, 1.807) is 0 Å². The van der Waals surface area contributed by atoms with Gasteiger partial charge in [0.15, 0.2) is 0 Å². The fourth-order valence-corrected chi connectivity index (χ4v) is 2.04. The molecule has 0 bridgehead atoms. The monoisotopic (exact) mass is 237 g/mol. The largest absolute Gasteiger partial charge is 0.299 e. The molecule has 0 saturated carbocycles. The summed E-state index contributed by atoms with van der Waals surface area (Å²) in [5, 5.41) is 0. The average Bonchev–Trinajstić information content (AvgIpc) is 2.34. The van der Waals surface area contributed by atoms with Gasteiger partial charge in [-0.25, -0.2) is 0 Å². The van der Waals surface area contributed by atoms with Crippen molar-refractivity contribution < 1.29 is 0 Å². The lowest BCUT2D eigenvalue weighted by atomic mass is 10.2. The van der Waals surface area contributed by atoms with E-state index in [-0.39, 0.29) is 0 Å². The van der Waals surface area contributed by atoms with Gasteiger partial charge >= 0.3 is 0 Å². The zero-order valence-electron chi connectivity index (χ0n) is 10.2. The van der Waals surface area contributed by atoms with Crippen LogP contribution < -0.4 is 0 Å². The number of benzene rings is 1. The first-order chi connectivity index (χ1) is 7.86. The molecule has 0 spiro atoms. The van der Waals surface area contributed by atoms with E-state index in [1.807, 2.05) is 0 Å². The Bertz CT molecular complexity index is 261. The van der Waals surface area contributed by atoms with Crippen molar-refractivity contribution in [2.24, 2.45) is 0 Å². The average molecular weight is 237 g/mol. The quantitative estimate of drug-likeness (QED) is 0.534. The second kappa shape index (κ2) is 8.66. The van der Waals surface area contributed by atoms with Gasteiger partial charge in [0.05, 0.1) is 0 Å². The van der Waals surface area contributed by atoms with Crippen LogP contribution in [0.5, 0.6) is 0 Å². The molecule has 0 atom stereocenters. The topological polar surface area (TPSA) is 3.24 Å². The van der Waals surface area contributed by atoms with Gasteiger partial charge in [0, 0.05) is 6.54 Å². The number of unbranched alkanes of at least 4 members (excludes halogenated alkanes) is 2. The van der Waals surface area contributed by atoms with Gasteiger partial charge in [-0.2, -0.15) is 12.6 Å². The highest BCUT2D eigenvalue weighted by atomic mass is 32.1. The van der Waals surface area contributed by atoms with Crippen LogP contribution in [0.4, 0.5) is 0 Å². The molecule has 1 rings (SSSR count). The van der Waals surface area contributed by atoms with Crippen LogP contribution in [0.25, 0.3) is 0 Å². The maximum absolute atomic E-state index is 4.23. The normalized spacial score (nSPS) is 10.9. The van der Waals surface area contributed by atoms with Crippen LogP contribution in [0.1, 0.15) is 31.7 Å². The Labute approximate surface area is 105 Å². The maximum Gasteiger partial charge on any atom is 0.0233 e. The first kappa shape index (κ1) is 13.6. The van der Waals surface area contributed by atoms with E-state index < -0.39 is 0 Å².